The van der Waals surface area contributed by atoms with Crippen molar-refractivity contribution in [1.82, 2.24) is 44.8 Å². The van der Waals surface area contributed by atoms with E-state index in [-0.39, 0.29) is 29.4 Å². The maximum atomic E-state index is 12.9. The predicted molar refractivity (Wildman–Crippen MR) is 142 cm³/mol. The molecule has 0 radical (unpaired) electrons. The molecule has 1 saturated heterocycles. The van der Waals surface area contributed by atoms with Crippen molar-refractivity contribution >= 4 is 17.1 Å². The largest absolute Gasteiger partial charge is 0.352 e. The first kappa shape index (κ1) is 25.4. The number of amides is 1. The molecule has 38 heavy (non-hydrogen) atoms. The van der Waals surface area contributed by atoms with Gasteiger partial charge in [-0.05, 0) is 36.7 Å². The number of hydrogen-bond acceptors (Lipinski definition) is 9. The summed E-state index contributed by atoms with van der Waals surface area (Å²) in [6, 6.07) is 10.4. The SMILES string of the molecule is Cn1c(=O)c2nc(-c3ccc(C(=O)NCCCN4CCNCC4)cc3)nnc2n(Cc2cccnc2)c1=O. The molecule has 0 bridgehead atoms. The standard InChI is InChI=1S/C26H29N9O3/c1-33-25(37)21-23(35(26(33)38)17-18-4-2-9-28-16-18)32-31-22(30-21)19-5-7-20(8-6-19)24(36)29-10-3-13-34-14-11-27-12-15-34/h2,4-9,16,27H,3,10-15,17H2,1H3,(H,29,36). The quantitative estimate of drug-likeness (QED) is 0.311. The van der Waals surface area contributed by atoms with Crippen LogP contribution in [0.2, 0.25) is 0 Å². The second kappa shape index (κ2) is 11.4. The molecule has 1 aromatic carbocycles. The molecule has 1 fully saturated rings. The second-order valence-corrected chi connectivity index (χ2v) is 9.18. The summed E-state index contributed by atoms with van der Waals surface area (Å²) in [6.45, 7) is 5.83. The average Bonchev–Trinajstić information content (AvgIpc) is 2.97. The number of nitrogens with zero attached hydrogens (tertiary/aromatic N) is 7. The van der Waals surface area contributed by atoms with Gasteiger partial charge in [0.05, 0.1) is 6.54 Å². The Balaban J connectivity index is 1.31. The van der Waals surface area contributed by atoms with E-state index in [4.69, 9.17) is 0 Å². The highest BCUT2D eigenvalue weighted by Crippen LogP contribution is 2.16. The van der Waals surface area contributed by atoms with Crippen molar-refractivity contribution in [3.63, 3.8) is 0 Å². The van der Waals surface area contributed by atoms with Gasteiger partial charge in [-0.1, -0.05) is 18.2 Å². The minimum Gasteiger partial charge on any atom is -0.352 e. The normalized spacial score (nSPS) is 14.0. The van der Waals surface area contributed by atoms with Gasteiger partial charge in [0.25, 0.3) is 11.5 Å². The third-order valence-electron chi connectivity index (χ3n) is 6.56. The Morgan fingerprint density at radius 3 is 2.61 bits per heavy atom. The molecule has 4 aromatic rings. The molecule has 12 nitrogen and oxygen atoms in total. The zero-order valence-electron chi connectivity index (χ0n) is 21.1. The van der Waals surface area contributed by atoms with E-state index in [1.165, 1.54) is 11.6 Å². The zero-order valence-corrected chi connectivity index (χ0v) is 21.1. The van der Waals surface area contributed by atoms with Crippen LogP contribution in [0.25, 0.3) is 22.6 Å². The van der Waals surface area contributed by atoms with E-state index >= 15 is 0 Å². The molecule has 196 valence electrons. The van der Waals surface area contributed by atoms with Gasteiger partial charge < -0.3 is 15.5 Å². The van der Waals surface area contributed by atoms with Crippen LogP contribution in [0, 0.1) is 0 Å². The molecule has 4 heterocycles. The summed E-state index contributed by atoms with van der Waals surface area (Å²) in [7, 11) is 1.41. The first-order chi connectivity index (χ1) is 18.5. The van der Waals surface area contributed by atoms with Gasteiger partial charge >= 0.3 is 5.69 Å². The number of aromatic nitrogens is 6. The molecule has 2 N–H and O–H groups in total. The lowest BCUT2D eigenvalue weighted by Crippen LogP contribution is -2.44. The van der Waals surface area contributed by atoms with Gasteiger partial charge in [0.1, 0.15) is 0 Å². The molecular weight excluding hydrogens is 486 g/mol. The van der Waals surface area contributed by atoms with Gasteiger partial charge in [0.15, 0.2) is 17.0 Å². The minimum atomic E-state index is -0.555. The number of piperazine rings is 1. The van der Waals surface area contributed by atoms with Gasteiger partial charge in [-0.25, -0.2) is 9.78 Å². The Morgan fingerprint density at radius 2 is 1.87 bits per heavy atom. The molecule has 0 unspecified atom stereocenters. The number of hydrogen-bond donors (Lipinski definition) is 2. The summed E-state index contributed by atoms with van der Waals surface area (Å²) < 4.78 is 2.36. The van der Waals surface area contributed by atoms with Crippen LogP contribution in [-0.2, 0) is 13.6 Å². The van der Waals surface area contributed by atoms with Gasteiger partial charge in [0.2, 0.25) is 0 Å². The van der Waals surface area contributed by atoms with E-state index in [9.17, 15) is 14.4 Å². The van der Waals surface area contributed by atoms with Gasteiger partial charge in [0, 0.05) is 63.3 Å². The highest BCUT2D eigenvalue weighted by atomic mass is 16.2. The smallest absolute Gasteiger partial charge is 0.332 e. The molecular formula is C26H29N9O3. The van der Waals surface area contributed by atoms with Crippen molar-refractivity contribution in [3.05, 3.63) is 80.8 Å². The number of nitrogens with one attached hydrogen (secondary N) is 2. The molecule has 12 heteroatoms. The van der Waals surface area contributed by atoms with E-state index in [1.54, 1.807) is 42.7 Å². The Hall–Kier alpha value is -4.29. The van der Waals surface area contributed by atoms with Crippen LogP contribution in [0.15, 0.2) is 58.4 Å². The van der Waals surface area contributed by atoms with Crippen LogP contribution in [0.4, 0.5) is 0 Å². The zero-order chi connectivity index (χ0) is 26.5. The maximum absolute atomic E-state index is 12.9. The monoisotopic (exact) mass is 515 g/mol. The van der Waals surface area contributed by atoms with E-state index < -0.39 is 11.2 Å². The van der Waals surface area contributed by atoms with E-state index in [1.807, 2.05) is 6.07 Å². The molecule has 0 spiro atoms. The lowest BCUT2D eigenvalue weighted by Gasteiger charge is -2.27. The van der Waals surface area contributed by atoms with Crippen LogP contribution in [-0.4, -0.2) is 79.4 Å². The molecule has 5 rings (SSSR count). The van der Waals surface area contributed by atoms with Crippen molar-refractivity contribution in [2.75, 3.05) is 39.3 Å². The highest BCUT2D eigenvalue weighted by molar-refractivity contribution is 5.94. The molecule has 3 aromatic heterocycles. The third-order valence-corrected chi connectivity index (χ3v) is 6.56. The van der Waals surface area contributed by atoms with Crippen LogP contribution in [0.3, 0.4) is 0 Å². The van der Waals surface area contributed by atoms with Gasteiger partial charge in [-0.3, -0.25) is 23.7 Å². The van der Waals surface area contributed by atoms with Crippen LogP contribution >= 0.6 is 0 Å². The Morgan fingerprint density at radius 1 is 1.08 bits per heavy atom. The number of fused-ring (bicyclic) bond motifs is 1. The van der Waals surface area contributed by atoms with E-state index in [0.717, 1.165) is 49.3 Å². The van der Waals surface area contributed by atoms with E-state index in [0.29, 0.717) is 17.7 Å². The lowest BCUT2D eigenvalue weighted by atomic mass is 10.1. The summed E-state index contributed by atoms with van der Waals surface area (Å²) in [4.78, 5) is 49.1. The second-order valence-electron chi connectivity index (χ2n) is 9.18. The van der Waals surface area contributed by atoms with Crippen LogP contribution < -0.4 is 21.9 Å². The van der Waals surface area contributed by atoms with Crippen molar-refractivity contribution in [2.45, 2.75) is 13.0 Å². The fourth-order valence-electron chi connectivity index (χ4n) is 4.41. The van der Waals surface area contributed by atoms with Crippen molar-refractivity contribution < 1.29 is 4.79 Å². The minimum absolute atomic E-state index is 0.0345. The van der Waals surface area contributed by atoms with Gasteiger partial charge in [-0.2, -0.15) is 0 Å². The van der Waals surface area contributed by atoms with Crippen LogP contribution in [0.5, 0.6) is 0 Å². The number of pyridine rings is 1. The molecule has 1 amide bonds. The fourth-order valence-corrected chi connectivity index (χ4v) is 4.41. The predicted octanol–water partition coefficient (Wildman–Crippen LogP) is 0.0206. The molecule has 0 atom stereocenters. The van der Waals surface area contributed by atoms with Crippen LogP contribution in [0.1, 0.15) is 22.3 Å². The van der Waals surface area contributed by atoms with Crippen molar-refractivity contribution in [3.8, 4) is 11.4 Å². The topological polar surface area (TPSA) is 140 Å². The van der Waals surface area contributed by atoms with Gasteiger partial charge in [-0.15, -0.1) is 10.2 Å². The number of carbonyl (C=O) groups is 1. The molecule has 0 aliphatic carbocycles. The van der Waals surface area contributed by atoms with Crippen molar-refractivity contribution in [1.29, 1.82) is 0 Å². The average molecular weight is 516 g/mol. The first-order valence-corrected chi connectivity index (χ1v) is 12.6. The summed E-state index contributed by atoms with van der Waals surface area (Å²) in [5, 5.41) is 14.7. The molecule has 0 saturated carbocycles. The summed E-state index contributed by atoms with van der Waals surface area (Å²) in [6.07, 6.45) is 4.17. The highest BCUT2D eigenvalue weighted by Gasteiger charge is 2.17. The summed E-state index contributed by atoms with van der Waals surface area (Å²) in [5.41, 5.74) is 0.958. The number of carbonyl (C=O) groups excluding carboxylic acids is 1. The number of benzene rings is 1. The fraction of sp³-hybridized carbons (Fsp3) is 0.346. The summed E-state index contributed by atoms with van der Waals surface area (Å²) >= 11 is 0. The third kappa shape index (κ3) is 5.50. The molecule has 1 aliphatic rings. The first-order valence-electron chi connectivity index (χ1n) is 12.6. The van der Waals surface area contributed by atoms with E-state index in [2.05, 4.69) is 35.7 Å². The maximum Gasteiger partial charge on any atom is 0.332 e. The lowest BCUT2D eigenvalue weighted by molar-refractivity contribution is 0.0951. The van der Waals surface area contributed by atoms with Crippen molar-refractivity contribution in [2.24, 2.45) is 7.05 Å². The Labute approximate surface area is 218 Å². The Kier molecular flexibility index (Phi) is 7.61. The summed E-state index contributed by atoms with van der Waals surface area (Å²) in [5.74, 6) is 0.0758. The number of rotatable bonds is 8. The molecule has 1 aliphatic heterocycles. The Bertz CT molecular complexity index is 1540.